The monoisotopic (exact) mass is 302 g/mol. The standard InChI is InChI=1S/C15H12F2N4O/c1-21-14(22)12(20-15(21)18)8-4-5-11(16)10(7-8)9-3-2-6-19-13(9)17/h2-7,12H,1H3,(H2,18,20)/t12-/m0/s1. The highest BCUT2D eigenvalue weighted by molar-refractivity contribution is 6.04. The number of aromatic nitrogens is 1. The maximum absolute atomic E-state index is 14.0. The number of aliphatic imine (C=N–C) groups is 1. The number of benzene rings is 1. The molecule has 1 aromatic carbocycles. The van der Waals surface area contributed by atoms with Crippen molar-refractivity contribution in [2.75, 3.05) is 7.05 Å². The summed E-state index contributed by atoms with van der Waals surface area (Å²) in [6, 6.07) is 6.09. The van der Waals surface area contributed by atoms with Crippen LogP contribution < -0.4 is 5.73 Å². The van der Waals surface area contributed by atoms with E-state index in [0.29, 0.717) is 5.56 Å². The number of amides is 1. The second kappa shape index (κ2) is 5.18. The number of halogens is 2. The van der Waals surface area contributed by atoms with Crippen LogP contribution in [0.5, 0.6) is 0 Å². The molecule has 112 valence electrons. The Morgan fingerprint density at radius 2 is 2.00 bits per heavy atom. The third kappa shape index (κ3) is 2.20. The van der Waals surface area contributed by atoms with Gasteiger partial charge in [0.1, 0.15) is 5.82 Å². The second-order valence-electron chi connectivity index (χ2n) is 4.87. The normalized spacial score (nSPS) is 17.8. The van der Waals surface area contributed by atoms with Crippen molar-refractivity contribution >= 4 is 11.9 Å². The molecule has 0 radical (unpaired) electrons. The molecule has 0 saturated heterocycles. The van der Waals surface area contributed by atoms with Crippen molar-refractivity contribution in [1.82, 2.24) is 9.88 Å². The molecule has 0 spiro atoms. The topological polar surface area (TPSA) is 71.6 Å². The number of hydrogen-bond donors (Lipinski definition) is 1. The number of nitrogens with zero attached hydrogens (tertiary/aromatic N) is 3. The lowest BCUT2D eigenvalue weighted by Crippen LogP contribution is -2.34. The summed E-state index contributed by atoms with van der Waals surface area (Å²) in [5.41, 5.74) is 6.10. The SMILES string of the molecule is CN1C(=O)[C@H](c2ccc(F)c(-c3cccnc3F)c2)N=C1N. The molecule has 0 fully saturated rings. The Morgan fingerprint density at radius 3 is 2.64 bits per heavy atom. The van der Waals surface area contributed by atoms with Crippen molar-refractivity contribution in [3.05, 3.63) is 53.9 Å². The lowest BCUT2D eigenvalue weighted by Gasteiger charge is -2.12. The number of guanidine groups is 1. The zero-order valence-corrected chi connectivity index (χ0v) is 11.6. The number of rotatable bonds is 2. The molecule has 1 amide bonds. The smallest absolute Gasteiger partial charge is 0.258 e. The number of pyridine rings is 1. The Kier molecular flexibility index (Phi) is 3.32. The van der Waals surface area contributed by atoms with E-state index < -0.39 is 17.8 Å². The molecular formula is C15H12F2N4O. The summed E-state index contributed by atoms with van der Waals surface area (Å²) in [4.78, 5) is 20.8. The molecule has 7 heteroatoms. The van der Waals surface area contributed by atoms with Gasteiger partial charge in [0, 0.05) is 24.4 Å². The van der Waals surface area contributed by atoms with Crippen LogP contribution in [0.3, 0.4) is 0 Å². The van der Waals surface area contributed by atoms with Gasteiger partial charge in [0.25, 0.3) is 5.91 Å². The van der Waals surface area contributed by atoms with Crippen LogP contribution >= 0.6 is 0 Å². The zero-order valence-electron chi connectivity index (χ0n) is 11.6. The first-order valence-electron chi connectivity index (χ1n) is 6.50. The van der Waals surface area contributed by atoms with Gasteiger partial charge >= 0.3 is 0 Å². The predicted molar refractivity (Wildman–Crippen MR) is 76.7 cm³/mol. The van der Waals surface area contributed by atoms with E-state index in [1.165, 1.54) is 48.5 Å². The fourth-order valence-electron chi connectivity index (χ4n) is 2.29. The Hall–Kier alpha value is -2.83. The second-order valence-corrected chi connectivity index (χ2v) is 4.87. The van der Waals surface area contributed by atoms with E-state index in [0.717, 1.165) is 0 Å². The van der Waals surface area contributed by atoms with E-state index in [-0.39, 0.29) is 23.0 Å². The van der Waals surface area contributed by atoms with Crippen LogP contribution in [0.2, 0.25) is 0 Å². The molecule has 5 nitrogen and oxygen atoms in total. The van der Waals surface area contributed by atoms with Crippen LogP contribution in [0.25, 0.3) is 11.1 Å². The maximum atomic E-state index is 14.0. The lowest BCUT2D eigenvalue weighted by molar-refractivity contribution is -0.126. The number of nitrogens with two attached hydrogens (primary N) is 1. The average Bonchev–Trinajstić information content (AvgIpc) is 2.76. The summed E-state index contributed by atoms with van der Waals surface area (Å²) in [7, 11) is 1.51. The summed E-state index contributed by atoms with van der Waals surface area (Å²) in [5.74, 6) is -1.61. The summed E-state index contributed by atoms with van der Waals surface area (Å²) < 4.78 is 27.8. The highest BCUT2D eigenvalue weighted by atomic mass is 19.1. The zero-order chi connectivity index (χ0) is 15.9. The molecular weight excluding hydrogens is 290 g/mol. The van der Waals surface area contributed by atoms with Crippen molar-refractivity contribution in [3.8, 4) is 11.1 Å². The van der Waals surface area contributed by atoms with E-state index >= 15 is 0 Å². The van der Waals surface area contributed by atoms with Gasteiger partial charge in [-0.15, -0.1) is 0 Å². The van der Waals surface area contributed by atoms with Crippen LogP contribution in [-0.2, 0) is 4.79 Å². The van der Waals surface area contributed by atoms with Gasteiger partial charge in [-0.05, 0) is 29.8 Å². The van der Waals surface area contributed by atoms with E-state index in [4.69, 9.17) is 5.73 Å². The van der Waals surface area contributed by atoms with E-state index in [1.807, 2.05) is 0 Å². The number of likely N-dealkylation sites (N-methyl/N-ethyl adjacent to an activating group) is 1. The number of hydrogen-bond acceptors (Lipinski definition) is 4. The molecule has 3 rings (SSSR count). The van der Waals surface area contributed by atoms with Gasteiger partial charge in [-0.1, -0.05) is 6.07 Å². The van der Waals surface area contributed by atoms with Gasteiger partial charge in [-0.25, -0.2) is 14.4 Å². The summed E-state index contributed by atoms with van der Waals surface area (Å²) in [6.45, 7) is 0. The van der Waals surface area contributed by atoms with Gasteiger partial charge in [0.2, 0.25) is 5.95 Å². The minimum absolute atomic E-state index is 0.0256. The van der Waals surface area contributed by atoms with Gasteiger partial charge < -0.3 is 5.73 Å². The minimum atomic E-state index is -0.843. The molecule has 0 unspecified atom stereocenters. The quantitative estimate of drug-likeness (QED) is 0.861. The summed E-state index contributed by atoms with van der Waals surface area (Å²) in [5, 5.41) is 0. The Bertz CT molecular complexity index is 791. The fraction of sp³-hybridized carbons (Fsp3) is 0.133. The molecule has 1 aliphatic rings. The lowest BCUT2D eigenvalue weighted by atomic mass is 9.99. The van der Waals surface area contributed by atoms with Gasteiger partial charge in [-0.3, -0.25) is 9.69 Å². The Morgan fingerprint density at radius 1 is 1.23 bits per heavy atom. The first kappa shape index (κ1) is 14.1. The number of carbonyl (C=O) groups is 1. The van der Waals surface area contributed by atoms with Crippen molar-refractivity contribution in [3.63, 3.8) is 0 Å². The molecule has 1 aliphatic heterocycles. The van der Waals surface area contributed by atoms with Crippen LogP contribution in [0.4, 0.5) is 8.78 Å². The first-order valence-corrected chi connectivity index (χ1v) is 6.50. The van der Waals surface area contributed by atoms with Crippen molar-refractivity contribution in [2.24, 2.45) is 10.7 Å². The summed E-state index contributed by atoms with van der Waals surface area (Å²) in [6.07, 6.45) is 1.28. The number of carbonyl (C=O) groups excluding carboxylic acids is 1. The molecule has 2 heterocycles. The van der Waals surface area contributed by atoms with Crippen LogP contribution in [0.1, 0.15) is 11.6 Å². The van der Waals surface area contributed by atoms with Crippen molar-refractivity contribution in [1.29, 1.82) is 0 Å². The van der Waals surface area contributed by atoms with E-state index in [1.54, 1.807) is 0 Å². The Balaban J connectivity index is 2.09. The van der Waals surface area contributed by atoms with Crippen LogP contribution in [0, 0.1) is 11.8 Å². The third-order valence-corrected chi connectivity index (χ3v) is 3.52. The highest BCUT2D eigenvalue weighted by Crippen LogP contribution is 2.31. The molecule has 22 heavy (non-hydrogen) atoms. The van der Waals surface area contributed by atoms with Crippen LogP contribution in [-0.4, -0.2) is 28.8 Å². The van der Waals surface area contributed by atoms with Gasteiger partial charge in [-0.2, -0.15) is 4.39 Å². The van der Waals surface area contributed by atoms with Gasteiger partial charge in [0.05, 0.1) is 0 Å². The molecule has 0 aliphatic carbocycles. The fourth-order valence-corrected chi connectivity index (χ4v) is 2.29. The first-order chi connectivity index (χ1) is 10.5. The molecule has 0 bridgehead atoms. The largest absolute Gasteiger partial charge is 0.369 e. The van der Waals surface area contributed by atoms with Gasteiger partial charge in [0.15, 0.2) is 12.0 Å². The van der Waals surface area contributed by atoms with E-state index in [2.05, 4.69) is 9.98 Å². The molecule has 0 saturated carbocycles. The maximum Gasteiger partial charge on any atom is 0.258 e. The van der Waals surface area contributed by atoms with Crippen molar-refractivity contribution < 1.29 is 13.6 Å². The summed E-state index contributed by atoms with van der Waals surface area (Å²) >= 11 is 0. The molecule has 1 atom stereocenters. The molecule has 1 aromatic heterocycles. The minimum Gasteiger partial charge on any atom is -0.369 e. The van der Waals surface area contributed by atoms with Crippen LogP contribution in [0.15, 0.2) is 41.5 Å². The van der Waals surface area contributed by atoms with E-state index in [9.17, 15) is 13.6 Å². The van der Waals surface area contributed by atoms with Crippen molar-refractivity contribution in [2.45, 2.75) is 6.04 Å². The predicted octanol–water partition coefficient (Wildman–Crippen LogP) is 1.85. The Labute approximate surface area is 125 Å². The highest BCUT2D eigenvalue weighted by Gasteiger charge is 2.32. The average molecular weight is 302 g/mol. The molecule has 2 aromatic rings. The molecule has 2 N–H and O–H groups in total. The third-order valence-electron chi connectivity index (χ3n) is 3.52.